The Morgan fingerprint density at radius 1 is 1.05 bits per heavy atom. The van der Waals surface area contributed by atoms with Gasteiger partial charge in [0.05, 0.1) is 33.8 Å². The van der Waals surface area contributed by atoms with Gasteiger partial charge in [-0.05, 0) is 29.8 Å². The smallest absolute Gasteiger partial charge is 0.269 e. The lowest BCUT2D eigenvalue weighted by Gasteiger charge is -2.10. The fraction of sp³-hybridized carbons (Fsp3) is 0.0667. The highest BCUT2D eigenvalue weighted by atomic mass is 35.5. The van der Waals surface area contributed by atoms with Crippen LogP contribution < -0.4 is 5.56 Å². The van der Waals surface area contributed by atoms with Gasteiger partial charge in [-0.1, -0.05) is 41.4 Å². The quantitative estimate of drug-likeness (QED) is 0.722. The Morgan fingerprint density at radius 3 is 2.65 bits per heavy atom. The first-order valence-electron chi connectivity index (χ1n) is 6.03. The largest absolute Gasteiger partial charge is 0.301 e. The Kier molecular flexibility index (Phi) is 3.47. The summed E-state index contributed by atoms with van der Waals surface area (Å²) in [7, 11) is 0. The number of para-hydroxylation sites is 2. The van der Waals surface area contributed by atoms with Crippen molar-refractivity contribution in [3.05, 3.63) is 74.6 Å². The first-order valence-corrected chi connectivity index (χ1v) is 6.79. The van der Waals surface area contributed by atoms with Gasteiger partial charge >= 0.3 is 0 Å². The fourth-order valence-electron chi connectivity index (χ4n) is 2.10. The van der Waals surface area contributed by atoms with Gasteiger partial charge < -0.3 is 4.57 Å². The SMILES string of the molecule is O=c1cnc2ccccc2n1Cc1ccc(Cl)c(Cl)c1. The van der Waals surface area contributed by atoms with Crippen molar-refractivity contribution >= 4 is 34.2 Å². The zero-order valence-electron chi connectivity index (χ0n) is 10.4. The summed E-state index contributed by atoms with van der Waals surface area (Å²) in [6.07, 6.45) is 1.33. The lowest BCUT2D eigenvalue weighted by atomic mass is 10.2. The number of fused-ring (bicyclic) bond motifs is 1. The summed E-state index contributed by atoms with van der Waals surface area (Å²) in [5.74, 6) is 0. The van der Waals surface area contributed by atoms with E-state index in [9.17, 15) is 4.79 Å². The molecule has 1 heterocycles. The van der Waals surface area contributed by atoms with Gasteiger partial charge in [0.25, 0.3) is 5.56 Å². The van der Waals surface area contributed by atoms with Gasteiger partial charge in [0, 0.05) is 0 Å². The van der Waals surface area contributed by atoms with E-state index in [0.717, 1.165) is 16.6 Å². The van der Waals surface area contributed by atoms with E-state index in [-0.39, 0.29) is 5.56 Å². The molecular weight excluding hydrogens is 295 g/mol. The molecule has 1 aromatic heterocycles. The second-order valence-electron chi connectivity index (χ2n) is 4.42. The minimum atomic E-state index is -0.144. The number of hydrogen-bond donors (Lipinski definition) is 0. The molecule has 3 aromatic rings. The maximum Gasteiger partial charge on any atom is 0.269 e. The molecule has 0 unspecified atom stereocenters. The maximum absolute atomic E-state index is 12.0. The number of aromatic nitrogens is 2. The first kappa shape index (κ1) is 13.2. The van der Waals surface area contributed by atoms with Crippen molar-refractivity contribution in [2.24, 2.45) is 0 Å². The van der Waals surface area contributed by atoms with Gasteiger partial charge in [0.2, 0.25) is 0 Å². The van der Waals surface area contributed by atoms with Gasteiger partial charge in [-0.3, -0.25) is 4.79 Å². The van der Waals surface area contributed by atoms with Crippen LogP contribution >= 0.6 is 23.2 Å². The van der Waals surface area contributed by atoms with Gasteiger partial charge in [0.1, 0.15) is 0 Å². The van der Waals surface area contributed by atoms with Crippen LogP contribution in [0.5, 0.6) is 0 Å². The molecule has 0 fully saturated rings. The summed E-state index contributed by atoms with van der Waals surface area (Å²) in [5, 5.41) is 0.984. The van der Waals surface area contributed by atoms with Crippen molar-refractivity contribution < 1.29 is 0 Å². The van der Waals surface area contributed by atoms with Crippen LogP contribution in [0.4, 0.5) is 0 Å². The molecule has 0 atom stereocenters. The second kappa shape index (κ2) is 5.27. The monoisotopic (exact) mass is 304 g/mol. The number of benzene rings is 2. The number of rotatable bonds is 2. The van der Waals surface area contributed by atoms with Crippen LogP contribution in [0.2, 0.25) is 10.0 Å². The highest BCUT2D eigenvalue weighted by molar-refractivity contribution is 6.42. The van der Waals surface area contributed by atoms with Crippen LogP contribution in [0.3, 0.4) is 0 Å². The topological polar surface area (TPSA) is 34.9 Å². The predicted molar refractivity (Wildman–Crippen MR) is 81.6 cm³/mol. The molecule has 0 saturated heterocycles. The summed E-state index contributed by atoms with van der Waals surface area (Å²) < 4.78 is 1.67. The first-order chi connectivity index (χ1) is 9.65. The number of halogens is 2. The fourth-order valence-corrected chi connectivity index (χ4v) is 2.42. The summed E-state index contributed by atoms with van der Waals surface area (Å²) >= 11 is 11.9. The van der Waals surface area contributed by atoms with E-state index in [1.165, 1.54) is 6.20 Å². The van der Waals surface area contributed by atoms with E-state index >= 15 is 0 Å². The lowest BCUT2D eigenvalue weighted by Crippen LogP contribution is -2.21. The zero-order valence-corrected chi connectivity index (χ0v) is 11.9. The van der Waals surface area contributed by atoms with Gasteiger partial charge in [-0.25, -0.2) is 4.98 Å². The van der Waals surface area contributed by atoms with Crippen LogP contribution in [-0.4, -0.2) is 9.55 Å². The Bertz CT molecular complexity index is 843. The van der Waals surface area contributed by atoms with Crippen molar-refractivity contribution in [3.63, 3.8) is 0 Å². The Labute approximate surface area is 125 Å². The van der Waals surface area contributed by atoms with Crippen molar-refractivity contribution in [2.45, 2.75) is 6.54 Å². The summed E-state index contributed by atoms with van der Waals surface area (Å²) in [5.41, 5.74) is 2.35. The van der Waals surface area contributed by atoms with Crippen molar-refractivity contribution in [3.8, 4) is 0 Å². The molecule has 0 aliphatic carbocycles. The molecule has 20 heavy (non-hydrogen) atoms. The average molecular weight is 305 g/mol. The molecule has 0 spiro atoms. The molecule has 0 aliphatic heterocycles. The molecule has 5 heteroatoms. The van der Waals surface area contributed by atoms with Crippen LogP contribution in [0.25, 0.3) is 11.0 Å². The van der Waals surface area contributed by atoms with E-state index in [1.807, 2.05) is 30.3 Å². The van der Waals surface area contributed by atoms with E-state index < -0.39 is 0 Å². The van der Waals surface area contributed by atoms with Gasteiger partial charge in [0.15, 0.2) is 0 Å². The average Bonchev–Trinajstić information content (AvgIpc) is 2.46. The Balaban J connectivity index is 2.12. The molecule has 0 N–H and O–H groups in total. The summed E-state index contributed by atoms with van der Waals surface area (Å²) in [6.45, 7) is 0.429. The van der Waals surface area contributed by atoms with Crippen LogP contribution in [0.15, 0.2) is 53.5 Å². The van der Waals surface area contributed by atoms with Crippen LogP contribution in [-0.2, 0) is 6.54 Å². The van der Waals surface area contributed by atoms with Crippen LogP contribution in [0, 0.1) is 0 Å². The number of nitrogens with zero attached hydrogens (tertiary/aromatic N) is 2. The van der Waals surface area contributed by atoms with Crippen molar-refractivity contribution in [1.29, 1.82) is 0 Å². The Hall–Kier alpha value is -1.84. The molecule has 3 rings (SSSR count). The molecule has 0 bridgehead atoms. The molecule has 0 aliphatic rings. The van der Waals surface area contributed by atoms with E-state index in [2.05, 4.69) is 4.98 Å². The molecular formula is C15H10Cl2N2O. The molecule has 0 saturated carbocycles. The highest BCUT2D eigenvalue weighted by Crippen LogP contribution is 2.23. The Morgan fingerprint density at radius 2 is 1.85 bits per heavy atom. The number of hydrogen-bond acceptors (Lipinski definition) is 2. The van der Waals surface area contributed by atoms with Gasteiger partial charge in [-0.15, -0.1) is 0 Å². The lowest BCUT2D eigenvalue weighted by molar-refractivity contribution is 0.787. The third-order valence-corrected chi connectivity index (χ3v) is 3.82. The molecule has 2 aromatic carbocycles. The predicted octanol–water partition coefficient (Wildman–Crippen LogP) is 3.75. The van der Waals surface area contributed by atoms with Crippen molar-refractivity contribution in [2.75, 3.05) is 0 Å². The molecule has 0 amide bonds. The van der Waals surface area contributed by atoms with Crippen LogP contribution in [0.1, 0.15) is 5.56 Å². The van der Waals surface area contributed by atoms with E-state index in [1.54, 1.807) is 16.7 Å². The normalized spacial score (nSPS) is 10.9. The third-order valence-electron chi connectivity index (χ3n) is 3.08. The second-order valence-corrected chi connectivity index (χ2v) is 5.23. The van der Waals surface area contributed by atoms with Crippen molar-refractivity contribution in [1.82, 2.24) is 9.55 Å². The van der Waals surface area contributed by atoms with Gasteiger partial charge in [-0.2, -0.15) is 0 Å². The van der Waals surface area contributed by atoms with E-state index in [4.69, 9.17) is 23.2 Å². The maximum atomic E-state index is 12.0. The minimum absolute atomic E-state index is 0.144. The molecule has 0 radical (unpaired) electrons. The summed E-state index contributed by atoms with van der Waals surface area (Å²) in [4.78, 5) is 16.2. The molecule has 3 nitrogen and oxygen atoms in total. The highest BCUT2D eigenvalue weighted by Gasteiger charge is 2.06. The zero-order chi connectivity index (χ0) is 14.1. The molecule has 100 valence electrons. The van der Waals surface area contributed by atoms with E-state index in [0.29, 0.717) is 16.6 Å². The summed E-state index contributed by atoms with van der Waals surface area (Å²) in [6, 6.07) is 12.9. The standard InChI is InChI=1S/C15H10Cl2N2O/c16-11-6-5-10(7-12(11)17)9-19-14-4-2-1-3-13(14)18-8-15(19)20/h1-8H,9H2. The minimum Gasteiger partial charge on any atom is -0.301 e. The third kappa shape index (κ3) is 2.42.